The third-order valence-corrected chi connectivity index (χ3v) is 7.33. The summed E-state index contributed by atoms with van der Waals surface area (Å²) in [7, 11) is -3.66. The summed E-state index contributed by atoms with van der Waals surface area (Å²) in [6, 6.07) is 8.55. The highest BCUT2D eigenvalue weighted by molar-refractivity contribution is 7.89. The quantitative estimate of drug-likeness (QED) is 0.602. The number of nitrogens with one attached hydrogen (secondary N) is 1. The summed E-state index contributed by atoms with van der Waals surface area (Å²) in [4.78, 5) is 13.0. The number of benzene rings is 1. The Kier molecular flexibility index (Phi) is 6.11. The molecule has 0 bridgehead atoms. The molecule has 10 nitrogen and oxygen atoms in total. The van der Waals surface area contributed by atoms with Crippen LogP contribution in [0.15, 0.2) is 45.8 Å². The van der Waals surface area contributed by atoms with Crippen molar-refractivity contribution in [2.24, 2.45) is 5.92 Å². The van der Waals surface area contributed by atoms with Gasteiger partial charge in [0.2, 0.25) is 15.9 Å². The molecule has 3 heterocycles. The first-order valence-electron chi connectivity index (χ1n) is 10.5. The number of piperidine rings is 1. The van der Waals surface area contributed by atoms with Gasteiger partial charge in [-0.1, -0.05) is 22.8 Å². The van der Waals surface area contributed by atoms with E-state index in [2.05, 4.69) is 20.6 Å². The highest BCUT2D eigenvalue weighted by atomic mass is 32.2. The first-order valence-corrected chi connectivity index (χ1v) is 11.9. The molecule has 1 N–H and O–H groups in total. The van der Waals surface area contributed by atoms with Crippen LogP contribution < -0.4 is 5.32 Å². The summed E-state index contributed by atoms with van der Waals surface area (Å²) in [5.41, 5.74) is 1.64. The van der Waals surface area contributed by atoms with Crippen molar-refractivity contribution in [2.75, 3.05) is 18.4 Å². The smallest absolute Gasteiger partial charge is 0.322 e. The molecule has 1 amide bonds. The Morgan fingerprint density at radius 3 is 2.66 bits per heavy atom. The summed E-state index contributed by atoms with van der Waals surface area (Å²) in [6.45, 7) is 6.34. The molecule has 1 aliphatic heterocycles. The van der Waals surface area contributed by atoms with Crippen LogP contribution in [0.3, 0.4) is 0 Å². The lowest BCUT2D eigenvalue weighted by molar-refractivity contribution is -0.121. The maximum absolute atomic E-state index is 13.0. The first kappa shape index (κ1) is 22.2. The fourth-order valence-electron chi connectivity index (χ4n) is 3.71. The first-order chi connectivity index (χ1) is 15.3. The maximum Gasteiger partial charge on any atom is 0.322 e. The standard InChI is InChI=1S/C21H26N6O4S/c1-14(2)27-18(10-11-22-27)20-24-25-21(31-20)23-19(28)16-5-4-12-26(13-16)32(29,30)17-8-6-15(3)7-9-17/h6-11,14,16H,4-5,12-13H2,1-3H3,(H,23,25,28). The van der Waals surface area contributed by atoms with Crippen molar-refractivity contribution in [3.63, 3.8) is 0 Å². The Balaban J connectivity index is 1.44. The van der Waals surface area contributed by atoms with Gasteiger partial charge in [0.15, 0.2) is 0 Å². The fraction of sp³-hybridized carbons (Fsp3) is 0.429. The van der Waals surface area contributed by atoms with Crippen molar-refractivity contribution >= 4 is 21.9 Å². The third-order valence-electron chi connectivity index (χ3n) is 5.45. The van der Waals surface area contributed by atoms with Crippen LogP contribution in [0.4, 0.5) is 6.01 Å². The Morgan fingerprint density at radius 2 is 1.94 bits per heavy atom. The predicted molar refractivity (Wildman–Crippen MR) is 117 cm³/mol. The molecular formula is C21H26N6O4S. The van der Waals surface area contributed by atoms with Crippen LogP contribution in [0.2, 0.25) is 0 Å². The number of amides is 1. The average Bonchev–Trinajstić information content (AvgIpc) is 3.43. The molecule has 1 atom stereocenters. The van der Waals surface area contributed by atoms with Crippen molar-refractivity contribution < 1.29 is 17.6 Å². The van der Waals surface area contributed by atoms with E-state index < -0.39 is 15.9 Å². The number of carbonyl (C=O) groups excluding carboxylic acids is 1. The molecule has 4 rings (SSSR count). The number of aryl methyl sites for hydroxylation is 1. The second-order valence-corrected chi connectivity index (χ2v) is 10.1. The SMILES string of the molecule is Cc1ccc(S(=O)(=O)N2CCCC(C(=O)Nc3nnc(-c4ccnn4C(C)C)o3)C2)cc1. The molecule has 1 aromatic carbocycles. The topological polar surface area (TPSA) is 123 Å². The van der Waals surface area contributed by atoms with Gasteiger partial charge in [-0.05, 0) is 51.8 Å². The van der Waals surface area contributed by atoms with E-state index in [0.29, 0.717) is 25.1 Å². The molecule has 1 saturated heterocycles. The number of rotatable bonds is 6. The van der Waals surface area contributed by atoms with Gasteiger partial charge >= 0.3 is 6.01 Å². The largest absolute Gasteiger partial charge is 0.401 e. The van der Waals surface area contributed by atoms with Gasteiger partial charge in [0.1, 0.15) is 5.69 Å². The highest BCUT2D eigenvalue weighted by Gasteiger charge is 2.34. The Labute approximate surface area is 186 Å². The van der Waals surface area contributed by atoms with Gasteiger partial charge in [0.25, 0.3) is 5.89 Å². The van der Waals surface area contributed by atoms with Crippen LogP contribution in [0.1, 0.15) is 38.3 Å². The molecule has 0 aliphatic carbocycles. The molecule has 3 aromatic rings. The molecule has 2 aromatic heterocycles. The minimum Gasteiger partial charge on any atom is -0.401 e. The van der Waals surface area contributed by atoms with Gasteiger partial charge in [-0.25, -0.2) is 8.42 Å². The summed E-state index contributed by atoms with van der Waals surface area (Å²) in [6.07, 6.45) is 2.81. The number of nitrogens with zero attached hydrogens (tertiary/aromatic N) is 5. The number of hydrogen-bond acceptors (Lipinski definition) is 7. The monoisotopic (exact) mass is 458 g/mol. The molecule has 170 valence electrons. The van der Waals surface area contributed by atoms with E-state index in [4.69, 9.17) is 4.42 Å². The van der Waals surface area contributed by atoms with Crippen LogP contribution >= 0.6 is 0 Å². The van der Waals surface area contributed by atoms with E-state index in [0.717, 1.165) is 5.56 Å². The van der Waals surface area contributed by atoms with Gasteiger partial charge in [-0.15, -0.1) is 5.10 Å². The average molecular weight is 459 g/mol. The number of sulfonamides is 1. The van der Waals surface area contributed by atoms with Crippen LogP contribution in [0, 0.1) is 12.8 Å². The van der Waals surface area contributed by atoms with E-state index in [1.807, 2.05) is 20.8 Å². The van der Waals surface area contributed by atoms with Gasteiger partial charge in [-0.3, -0.25) is 14.8 Å². The molecule has 32 heavy (non-hydrogen) atoms. The summed E-state index contributed by atoms with van der Waals surface area (Å²) >= 11 is 0. The summed E-state index contributed by atoms with van der Waals surface area (Å²) in [5, 5.41) is 14.8. The van der Waals surface area contributed by atoms with Crippen LogP contribution in [0.5, 0.6) is 0 Å². The predicted octanol–water partition coefficient (Wildman–Crippen LogP) is 2.86. The van der Waals surface area contributed by atoms with Crippen LogP contribution in [0.25, 0.3) is 11.6 Å². The number of carbonyl (C=O) groups is 1. The lowest BCUT2D eigenvalue weighted by Crippen LogP contribution is -2.43. The zero-order chi connectivity index (χ0) is 22.9. The van der Waals surface area contributed by atoms with Gasteiger partial charge < -0.3 is 4.42 Å². The molecular weight excluding hydrogens is 432 g/mol. The zero-order valence-corrected chi connectivity index (χ0v) is 19.0. The van der Waals surface area contributed by atoms with Gasteiger partial charge in [0, 0.05) is 25.3 Å². The minimum atomic E-state index is -3.66. The van der Waals surface area contributed by atoms with Gasteiger partial charge in [0.05, 0.1) is 10.8 Å². The number of anilines is 1. The van der Waals surface area contributed by atoms with E-state index in [9.17, 15) is 13.2 Å². The van der Waals surface area contributed by atoms with Crippen molar-refractivity contribution in [2.45, 2.75) is 44.6 Å². The molecule has 0 radical (unpaired) electrons. The Bertz CT molecular complexity index is 1200. The van der Waals surface area contributed by atoms with Crippen LogP contribution in [-0.2, 0) is 14.8 Å². The van der Waals surface area contributed by atoms with Crippen molar-refractivity contribution in [3.05, 3.63) is 42.1 Å². The zero-order valence-electron chi connectivity index (χ0n) is 18.2. The van der Waals surface area contributed by atoms with Crippen molar-refractivity contribution in [3.8, 4) is 11.6 Å². The molecule has 1 aliphatic rings. The lowest BCUT2D eigenvalue weighted by Gasteiger charge is -2.30. The highest BCUT2D eigenvalue weighted by Crippen LogP contribution is 2.26. The lowest BCUT2D eigenvalue weighted by atomic mass is 9.99. The van der Waals surface area contributed by atoms with Gasteiger partial charge in [-0.2, -0.15) is 9.40 Å². The normalized spacial score (nSPS) is 17.6. The van der Waals surface area contributed by atoms with Crippen molar-refractivity contribution in [1.82, 2.24) is 24.3 Å². The second kappa shape index (κ2) is 8.83. The minimum absolute atomic E-state index is 0.0278. The summed E-state index contributed by atoms with van der Waals surface area (Å²) in [5.74, 6) is -0.611. The fourth-order valence-corrected chi connectivity index (χ4v) is 5.24. The molecule has 1 fully saturated rings. The molecule has 0 spiro atoms. The maximum atomic E-state index is 13.0. The van der Waals surface area contributed by atoms with E-state index >= 15 is 0 Å². The third kappa shape index (κ3) is 4.44. The van der Waals surface area contributed by atoms with E-state index in [-0.39, 0.29) is 35.3 Å². The molecule has 0 saturated carbocycles. The molecule has 1 unspecified atom stereocenters. The van der Waals surface area contributed by atoms with Crippen molar-refractivity contribution in [1.29, 1.82) is 0 Å². The molecule has 11 heteroatoms. The Morgan fingerprint density at radius 1 is 1.19 bits per heavy atom. The Hall–Kier alpha value is -3.05. The van der Waals surface area contributed by atoms with E-state index in [1.54, 1.807) is 41.2 Å². The van der Waals surface area contributed by atoms with E-state index in [1.165, 1.54) is 4.31 Å². The second-order valence-electron chi connectivity index (χ2n) is 8.17. The number of hydrogen-bond donors (Lipinski definition) is 1. The number of aromatic nitrogens is 4. The van der Waals surface area contributed by atoms with Crippen LogP contribution in [-0.4, -0.2) is 51.7 Å². The summed E-state index contributed by atoms with van der Waals surface area (Å²) < 4.78 is 34.7.